The maximum absolute atomic E-state index is 10.6. The Balaban J connectivity index is 2.40. The number of oxazole rings is 1. The zero-order chi connectivity index (χ0) is 11.5. The van der Waals surface area contributed by atoms with Crippen molar-refractivity contribution in [3.05, 3.63) is 46.3 Å². The van der Waals surface area contributed by atoms with Gasteiger partial charge in [0.25, 0.3) is 5.69 Å². The highest BCUT2D eigenvalue weighted by Gasteiger charge is 2.10. The van der Waals surface area contributed by atoms with E-state index in [2.05, 4.69) is 4.98 Å². The van der Waals surface area contributed by atoms with Crippen molar-refractivity contribution in [2.75, 3.05) is 0 Å². The largest absolute Gasteiger partial charge is 0.444 e. The number of hydrogen-bond donors (Lipinski definition) is 1. The molecule has 0 aliphatic carbocycles. The first-order valence-corrected chi connectivity index (χ1v) is 4.60. The van der Waals surface area contributed by atoms with Crippen molar-refractivity contribution in [3.63, 3.8) is 0 Å². The van der Waals surface area contributed by atoms with Crippen LogP contribution in [0, 0.1) is 10.1 Å². The van der Waals surface area contributed by atoms with Gasteiger partial charge in [-0.15, -0.1) is 0 Å². The van der Waals surface area contributed by atoms with Gasteiger partial charge in [0.2, 0.25) is 5.89 Å². The van der Waals surface area contributed by atoms with E-state index in [9.17, 15) is 10.1 Å². The van der Waals surface area contributed by atoms with Gasteiger partial charge in [-0.1, -0.05) is 6.07 Å². The highest BCUT2D eigenvalue weighted by molar-refractivity contribution is 5.57. The summed E-state index contributed by atoms with van der Waals surface area (Å²) in [6.45, 7) is 0.276. The molecule has 2 aromatic rings. The third kappa shape index (κ3) is 1.91. The third-order valence-corrected chi connectivity index (χ3v) is 2.06. The molecule has 0 aliphatic heterocycles. The molecule has 0 amide bonds. The Morgan fingerprint density at radius 3 is 2.94 bits per heavy atom. The predicted molar refractivity (Wildman–Crippen MR) is 56.5 cm³/mol. The lowest BCUT2D eigenvalue weighted by atomic mass is 10.2. The smallest absolute Gasteiger partial charge is 0.270 e. The van der Waals surface area contributed by atoms with E-state index in [1.807, 2.05) is 0 Å². The van der Waals surface area contributed by atoms with Crippen LogP contribution in [0.2, 0.25) is 0 Å². The fourth-order valence-corrected chi connectivity index (χ4v) is 1.29. The van der Waals surface area contributed by atoms with Gasteiger partial charge in [-0.2, -0.15) is 0 Å². The van der Waals surface area contributed by atoms with Crippen LogP contribution in [0.25, 0.3) is 11.5 Å². The summed E-state index contributed by atoms with van der Waals surface area (Å²) in [5.41, 5.74) is 6.57. The SMILES string of the molecule is NCc1coc(-c2cccc([N+](=O)[O-])c2)n1. The summed E-state index contributed by atoms with van der Waals surface area (Å²) in [4.78, 5) is 14.2. The minimum absolute atomic E-state index is 0.00463. The molecule has 0 unspecified atom stereocenters. The second-order valence-electron chi connectivity index (χ2n) is 3.16. The minimum atomic E-state index is -0.462. The van der Waals surface area contributed by atoms with Gasteiger partial charge in [0, 0.05) is 24.2 Å². The predicted octanol–water partition coefficient (Wildman–Crippen LogP) is 1.71. The molecule has 82 valence electrons. The average molecular weight is 219 g/mol. The summed E-state index contributed by atoms with van der Waals surface area (Å²) >= 11 is 0. The molecule has 1 aromatic carbocycles. The molecule has 6 nitrogen and oxygen atoms in total. The van der Waals surface area contributed by atoms with Crippen LogP contribution in [0.15, 0.2) is 34.9 Å². The van der Waals surface area contributed by atoms with Crippen molar-refractivity contribution in [2.24, 2.45) is 5.73 Å². The third-order valence-electron chi connectivity index (χ3n) is 2.06. The van der Waals surface area contributed by atoms with Gasteiger partial charge < -0.3 is 10.2 Å². The first kappa shape index (κ1) is 10.3. The van der Waals surface area contributed by atoms with Crippen molar-refractivity contribution in [2.45, 2.75) is 6.54 Å². The molecule has 0 atom stereocenters. The van der Waals surface area contributed by atoms with E-state index in [-0.39, 0.29) is 12.2 Å². The van der Waals surface area contributed by atoms with Crippen LogP contribution in [0.3, 0.4) is 0 Å². The summed E-state index contributed by atoms with van der Waals surface area (Å²) < 4.78 is 5.16. The quantitative estimate of drug-likeness (QED) is 0.626. The van der Waals surface area contributed by atoms with E-state index < -0.39 is 4.92 Å². The van der Waals surface area contributed by atoms with Crippen molar-refractivity contribution >= 4 is 5.69 Å². The van der Waals surface area contributed by atoms with Gasteiger partial charge in [0.15, 0.2) is 0 Å². The Kier molecular flexibility index (Phi) is 2.65. The number of nitro groups is 1. The molecule has 0 spiro atoms. The summed E-state index contributed by atoms with van der Waals surface area (Å²) in [5, 5.41) is 10.6. The molecule has 0 fully saturated rings. The van der Waals surface area contributed by atoms with Crippen LogP contribution in [0.1, 0.15) is 5.69 Å². The number of benzene rings is 1. The Morgan fingerprint density at radius 2 is 2.31 bits per heavy atom. The topological polar surface area (TPSA) is 95.2 Å². The van der Waals surface area contributed by atoms with Gasteiger partial charge in [-0.3, -0.25) is 10.1 Å². The lowest BCUT2D eigenvalue weighted by Crippen LogP contribution is -1.95. The number of aromatic nitrogens is 1. The first-order valence-electron chi connectivity index (χ1n) is 4.60. The molecular formula is C10H9N3O3. The summed E-state index contributed by atoms with van der Waals surface area (Å²) in [7, 11) is 0. The number of rotatable bonds is 3. The van der Waals surface area contributed by atoms with E-state index in [1.54, 1.807) is 12.1 Å². The molecule has 6 heteroatoms. The molecule has 1 aromatic heterocycles. The van der Waals surface area contributed by atoms with Crippen LogP contribution in [-0.4, -0.2) is 9.91 Å². The fourth-order valence-electron chi connectivity index (χ4n) is 1.29. The van der Waals surface area contributed by atoms with Crippen LogP contribution in [0.5, 0.6) is 0 Å². The highest BCUT2D eigenvalue weighted by atomic mass is 16.6. The highest BCUT2D eigenvalue weighted by Crippen LogP contribution is 2.22. The second-order valence-corrected chi connectivity index (χ2v) is 3.16. The number of nitrogens with two attached hydrogens (primary N) is 1. The molecular weight excluding hydrogens is 210 g/mol. The maximum atomic E-state index is 10.6. The lowest BCUT2D eigenvalue weighted by Gasteiger charge is -1.95. The molecule has 2 N–H and O–H groups in total. The van der Waals surface area contributed by atoms with E-state index in [0.717, 1.165) is 0 Å². The molecule has 0 radical (unpaired) electrons. The van der Waals surface area contributed by atoms with Gasteiger partial charge >= 0.3 is 0 Å². The van der Waals surface area contributed by atoms with Crippen molar-refractivity contribution in [3.8, 4) is 11.5 Å². The molecule has 16 heavy (non-hydrogen) atoms. The zero-order valence-electron chi connectivity index (χ0n) is 8.29. The molecule has 0 bridgehead atoms. The minimum Gasteiger partial charge on any atom is -0.444 e. The average Bonchev–Trinajstić information content (AvgIpc) is 2.77. The van der Waals surface area contributed by atoms with Crippen molar-refractivity contribution < 1.29 is 9.34 Å². The summed E-state index contributed by atoms with van der Waals surface area (Å²) in [6, 6.07) is 6.10. The first-order chi connectivity index (χ1) is 7.70. The Hall–Kier alpha value is -2.21. The second kappa shape index (κ2) is 4.11. The van der Waals surface area contributed by atoms with E-state index >= 15 is 0 Å². The molecule has 0 saturated carbocycles. The van der Waals surface area contributed by atoms with Gasteiger partial charge in [0.05, 0.1) is 10.6 Å². The van der Waals surface area contributed by atoms with E-state index in [4.69, 9.17) is 10.2 Å². The van der Waals surface area contributed by atoms with Gasteiger partial charge in [-0.05, 0) is 6.07 Å². The number of hydrogen-bond acceptors (Lipinski definition) is 5. The van der Waals surface area contributed by atoms with E-state index in [1.165, 1.54) is 18.4 Å². The van der Waals surface area contributed by atoms with Gasteiger partial charge in [-0.25, -0.2) is 4.98 Å². The Morgan fingerprint density at radius 1 is 1.50 bits per heavy atom. The molecule has 1 heterocycles. The standard InChI is InChI=1S/C10H9N3O3/c11-5-8-6-16-10(12-8)7-2-1-3-9(4-7)13(14)15/h1-4,6H,5,11H2. The van der Waals surface area contributed by atoms with Crippen LogP contribution < -0.4 is 5.73 Å². The maximum Gasteiger partial charge on any atom is 0.270 e. The summed E-state index contributed by atoms with van der Waals surface area (Å²) in [6.07, 6.45) is 1.44. The fraction of sp³-hybridized carbons (Fsp3) is 0.100. The van der Waals surface area contributed by atoms with Crippen molar-refractivity contribution in [1.82, 2.24) is 4.98 Å². The van der Waals surface area contributed by atoms with Crippen LogP contribution in [-0.2, 0) is 6.54 Å². The lowest BCUT2D eigenvalue weighted by molar-refractivity contribution is -0.384. The zero-order valence-corrected chi connectivity index (χ0v) is 8.29. The number of nitro benzene ring substituents is 1. The molecule has 0 saturated heterocycles. The normalized spacial score (nSPS) is 10.3. The monoisotopic (exact) mass is 219 g/mol. The Labute approximate surface area is 90.9 Å². The molecule has 2 rings (SSSR count). The van der Waals surface area contributed by atoms with Crippen LogP contribution in [0.4, 0.5) is 5.69 Å². The summed E-state index contributed by atoms with van der Waals surface area (Å²) in [5.74, 6) is 0.337. The van der Waals surface area contributed by atoms with Crippen molar-refractivity contribution in [1.29, 1.82) is 0 Å². The Bertz CT molecular complexity index is 522. The van der Waals surface area contributed by atoms with Crippen LogP contribution >= 0.6 is 0 Å². The number of nitrogens with zero attached hydrogens (tertiary/aromatic N) is 2. The number of non-ortho nitro benzene ring substituents is 1. The van der Waals surface area contributed by atoms with E-state index in [0.29, 0.717) is 17.1 Å². The molecule has 0 aliphatic rings. The van der Waals surface area contributed by atoms with Gasteiger partial charge in [0.1, 0.15) is 6.26 Å².